The zero-order chi connectivity index (χ0) is 14.8. The van der Waals surface area contributed by atoms with Crippen LogP contribution in [0.15, 0.2) is 48.5 Å². The van der Waals surface area contributed by atoms with E-state index in [1.807, 2.05) is 0 Å². The van der Waals surface area contributed by atoms with Gasteiger partial charge >= 0.3 is 6.18 Å². The van der Waals surface area contributed by atoms with Gasteiger partial charge in [0.2, 0.25) is 0 Å². The average Bonchev–Trinajstić information content (AvgIpc) is 2.38. The third-order valence-electron chi connectivity index (χ3n) is 2.78. The second kappa shape index (κ2) is 5.54. The summed E-state index contributed by atoms with van der Waals surface area (Å²) < 4.78 is 44.0. The van der Waals surface area contributed by atoms with Crippen LogP contribution >= 0.6 is 0 Å². The first-order valence-electron chi connectivity index (χ1n) is 6.00. The van der Waals surface area contributed by atoms with Crippen LogP contribution in [0.5, 0.6) is 11.5 Å². The highest BCUT2D eigenvalue weighted by molar-refractivity contribution is 5.43. The third kappa shape index (κ3) is 3.11. The molecule has 2 aromatic carbocycles. The zero-order valence-electron chi connectivity index (χ0n) is 10.7. The van der Waals surface area contributed by atoms with Crippen molar-refractivity contribution in [1.29, 1.82) is 0 Å². The summed E-state index contributed by atoms with van der Waals surface area (Å²) in [4.78, 5) is 0. The van der Waals surface area contributed by atoms with Crippen LogP contribution in [0.1, 0.15) is 24.2 Å². The molecule has 0 spiro atoms. The van der Waals surface area contributed by atoms with Gasteiger partial charge in [0.1, 0.15) is 11.5 Å². The van der Waals surface area contributed by atoms with Crippen molar-refractivity contribution in [2.75, 3.05) is 0 Å². The number of hydrogen-bond donors (Lipinski definition) is 1. The number of aliphatic hydroxyl groups is 1. The number of halogens is 3. The van der Waals surface area contributed by atoms with Gasteiger partial charge in [-0.15, -0.1) is 0 Å². The molecule has 0 aromatic heterocycles. The van der Waals surface area contributed by atoms with Crippen molar-refractivity contribution >= 4 is 0 Å². The first-order chi connectivity index (χ1) is 9.39. The van der Waals surface area contributed by atoms with Crippen molar-refractivity contribution in [3.8, 4) is 11.5 Å². The maximum absolute atomic E-state index is 12.9. The Morgan fingerprint density at radius 1 is 0.950 bits per heavy atom. The Kier molecular flexibility index (Phi) is 3.99. The van der Waals surface area contributed by atoms with Gasteiger partial charge in [-0.25, -0.2) is 0 Å². The van der Waals surface area contributed by atoms with E-state index in [2.05, 4.69) is 0 Å². The number of para-hydroxylation sites is 2. The Hall–Kier alpha value is -2.01. The molecule has 0 amide bonds. The molecule has 2 nitrogen and oxygen atoms in total. The predicted octanol–water partition coefficient (Wildman–Crippen LogP) is 4.55. The fourth-order valence-corrected chi connectivity index (χ4v) is 1.83. The van der Waals surface area contributed by atoms with Crippen LogP contribution in [0.4, 0.5) is 13.2 Å². The Morgan fingerprint density at radius 2 is 1.50 bits per heavy atom. The number of hydrogen-bond acceptors (Lipinski definition) is 2. The standard InChI is InChI=1S/C15H13F3O2/c1-10(19)11-6-2-4-8-13(11)20-14-9-5-3-7-12(14)15(16,17)18/h2-10,19H,1H3/t10-/m0/s1. The van der Waals surface area contributed by atoms with Crippen molar-refractivity contribution < 1.29 is 23.0 Å². The predicted molar refractivity (Wildman–Crippen MR) is 68.6 cm³/mol. The minimum absolute atomic E-state index is 0.208. The molecule has 0 saturated carbocycles. The van der Waals surface area contributed by atoms with Gasteiger partial charge in [-0.2, -0.15) is 13.2 Å². The lowest BCUT2D eigenvalue weighted by Crippen LogP contribution is -2.07. The van der Waals surface area contributed by atoms with E-state index >= 15 is 0 Å². The molecule has 20 heavy (non-hydrogen) atoms. The van der Waals surface area contributed by atoms with Gasteiger partial charge in [-0.05, 0) is 25.1 Å². The van der Waals surface area contributed by atoms with Gasteiger partial charge in [-0.1, -0.05) is 30.3 Å². The van der Waals surface area contributed by atoms with Crippen LogP contribution in [0.25, 0.3) is 0 Å². The largest absolute Gasteiger partial charge is 0.456 e. The summed E-state index contributed by atoms with van der Waals surface area (Å²) in [5, 5.41) is 9.61. The van der Waals surface area contributed by atoms with Crippen molar-refractivity contribution in [2.45, 2.75) is 19.2 Å². The summed E-state index contributed by atoms with van der Waals surface area (Å²) in [5.41, 5.74) is -0.412. The number of benzene rings is 2. The molecule has 2 aromatic rings. The minimum atomic E-state index is -4.49. The van der Waals surface area contributed by atoms with E-state index < -0.39 is 17.8 Å². The normalized spacial score (nSPS) is 13.1. The SMILES string of the molecule is C[C@H](O)c1ccccc1Oc1ccccc1C(F)(F)F. The van der Waals surface area contributed by atoms with E-state index in [-0.39, 0.29) is 11.5 Å². The molecular weight excluding hydrogens is 269 g/mol. The van der Waals surface area contributed by atoms with Gasteiger partial charge in [0.05, 0.1) is 11.7 Å². The van der Waals surface area contributed by atoms with E-state index in [1.165, 1.54) is 31.2 Å². The fourth-order valence-electron chi connectivity index (χ4n) is 1.83. The lowest BCUT2D eigenvalue weighted by molar-refractivity contribution is -0.138. The smallest absolute Gasteiger partial charge is 0.419 e. The molecule has 5 heteroatoms. The number of alkyl halides is 3. The Balaban J connectivity index is 2.41. The molecule has 0 unspecified atom stereocenters. The Bertz CT molecular complexity index is 592. The third-order valence-corrected chi connectivity index (χ3v) is 2.78. The molecule has 0 bridgehead atoms. The van der Waals surface area contributed by atoms with Gasteiger partial charge < -0.3 is 9.84 Å². The first-order valence-corrected chi connectivity index (χ1v) is 6.00. The second-order valence-electron chi connectivity index (χ2n) is 4.31. The molecule has 0 aliphatic rings. The van der Waals surface area contributed by atoms with Crippen molar-refractivity contribution in [3.63, 3.8) is 0 Å². The van der Waals surface area contributed by atoms with Crippen molar-refractivity contribution in [3.05, 3.63) is 59.7 Å². The van der Waals surface area contributed by atoms with Crippen LogP contribution in [0.3, 0.4) is 0 Å². The Morgan fingerprint density at radius 3 is 2.10 bits per heavy atom. The van der Waals surface area contributed by atoms with Crippen LogP contribution in [-0.4, -0.2) is 5.11 Å². The first kappa shape index (κ1) is 14.4. The minimum Gasteiger partial charge on any atom is -0.456 e. The van der Waals surface area contributed by atoms with Crippen LogP contribution in [-0.2, 0) is 6.18 Å². The van der Waals surface area contributed by atoms with Crippen molar-refractivity contribution in [2.24, 2.45) is 0 Å². The van der Waals surface area contributed by atoms with Crippen LogP contribution in [0.2, 0.25) is 0 Å². The van der Waals surface area contributed by atoms with E-state index in [9.17, 15) is 18.3 Å². The monoisotopic (exact) mass is 282 g/mol. The highest BCUT2D eigenvalue weighted by Gasteiger charge is 2.34. The maximum atomic E-state index is 12.9. The molecular formula is C15H13F3O2. The lowest BCUT2D eigenvalue weighted by Gasteiger charge is -2.16. The number of rotatable bonds is 3. The molecule has 0 aliphatic carbocycles. The summed E-state index contributed by atoms with van der Waals surface area (Å²) in [6, 6.07) is 11.4. The summed E-state index contributed by atoms with van der Waals surface area (Å²) in [7, 11) is 0. The maximum Gasteiger partial charge on any atom is 0.419 e. The molecule has 0 aliphatic heterocycles. The highest BCUT2D eigenvalue weighted by Crippen LogP contribution is 2.39. The molecule has 0 radical (unpaired) electrons. The lowest BCUT2D eigenvalue weighted by atomic mass is 10.1. The zero-order valence-corrected chi connectivity index (χ0v) is 10.7. The molecule has 1 atom stereocenters. The molecule has 0 fully saturated rings. The van der Waals surface area contributed by atoms with Gasteiger partial charge in [0.15, 0.2) is 0 Å². The molecule has 0 heterocycles. The van der Waals surface area contributed by atoms with Crippen LogP contribution in [0, 0.1) is 0 Å². The fraction of sp³-hybridized carbons (Fsp3) is 0.200. The van der Waals surface area contributed by atoms with Gasteiger partial charge in [0, 0.05) is 5.56 Å². The quantitative estimate of drug-likeness (QED) is 0.894. The second-order valence-corrected chi connectivity index (χ2v) is 4.31. The molecule has 1 N–H and O–H groups in total. The van der Waals surface area contributed by atoms with Gasteiger partial charge in [0.25, 0.3) is 0 Å². The summed E-state index contributed by atoms with van der Waals surface area (Å²) >= 11 is 0. The number of aliphatic hydroxyl groups excluding tert-OH is 1. The van der Waals surface area contributed by atoms with Gasteiger partial charge in [-0.3, -0.25) is 0 Å². The summed E-state index contributed by atoms with van der Waals surface area (Å²) in [5.74, 6) is -0.0766. The van der Waals surface area contributed by atoms with E-state index in [0.717, 1.165) is 6.07 Å². The van der Waals surface area contributed by atoms with E-state index in [4.69, 9.17) is 4.74 Å². The Labute approximate surface area is 114 Å². The summed E-state index contributed by atoms with van der Waals surface area (Å²) in [6.45, 7) is 1.53. The summed E-state index contributed by atoms with van der Waals surface area (Å²) in [6.07, 6.45) is -5.32. The van der Waals surface area contributed by atoms with E-state index in [1.54, 1.807) is 18.2 Å². The highest BCUT2D eigenvalue weighted by atomic mass is 19.4. The van der Waals surface area contributed by atoms with E-state index in [0.29, 0.717) is 5.56 Å². The van der Waals surface area contributed by atoms with Crippen molar-refractivity contribution in [1.82, 2.24) is 0 Å². The van der Waals surface area contributed by atoms with Crippen LogP contribution < -0.4 is 4.74 Å². The average molecular weight is 282 g/mol. The topological polar surface area (TPSA) is 29.5 Å². The molecule has 2 rings (SSSR count). The number of ether oxygens (including phenoxy) is 1. The molecule has 0 saturated heterocycles. The molecule has 106 valence electrons.